The summed E-state index contributed by atoms with van der Waals surface area (Å²) in [6.07, 6.45) is 9.67. The lowest BCUT2D eigenvalue weighted by atomic mass is 9.69. The molecule has 1 aliphatic heterocycles. The van der Waals surface area contributed by atoms with Gasteiger partial charge in [0.2, 0.25) is 11.8 Å². The van der Waals surface area contributed by atoms with Crippen molar-refractivity contribution in [3.8, 4) is 0 Å². The number of hydrogen-bond acceptors (Lipinski definition) is 3. The zero-order valence-corrected chi connectivity index (χ0v) is 16.8. The first kappa shape index (κ1) is 19.6. The van der Waals surface area contributed by atoms with Crippen LogP contribution in [-0.2, 0) is 21.5 Å². The quantitative estimate of drug-likeness (QED) is 0.820. The van der Waals surface area contributed by atoms with Crippen molar-refractivity contribution in [1.82, 2.24) is 15.2 Å². The van der Waals surface area contributed by atoms with Gasteiger partial charge in [0.25, 0.3) is 0 Å². The van der Waals surface area contributed by atoms with Crippen molar-refractivity contribution in [3.05, 3.63) is 66.0 Å². The van der Waals surface area contributed by atoms with Crippen LogP contribution >= 0.6 is 0 Å². The molecule has 0 radical (unpaired) electrons. The molecule has 1 saturated carbocycles. The predicted molar refractivity (Wildman–Crippen MR) is 112 cm³/mol. The van der Waals surface area contributed by atoms with Crippen molar-refractivity contribution >= 4 is 11.8 Å². The molecular weight excluding hydrogens is 362 g/mol. The second-order valence-electron chi connectivity index (χ2n) is 8.46. The molecule has 1 atom stereocenters. The van der Waals surface area contributed by atoms with Crippen LogP contribution in [0.5, 0.6) is 0 Å². The molecule has 1 N–H and O–H groups in total. The molecule has 5 heteroatoms. The minimum atomic E-state index is -0.268. The molecule has 4 rings (SSSR count). The number of nitrogens with zero attached hydrogens (tertiary/aromatic N) is 2. The first-order valence-electron chi connectivity index (χ1n) is 10.7. The number of pyridine rings is 1. The molecular formula is C24H29N3O2. The number of likely N-dealkylation sites (tertiary alicyclic amines) is 1. The van der Waals surface area contributed by atoms with E-state index < -0.39 is 0 Å². The summed E-state index contributed by atoms with van der Waals surface area (Å²) in [5.74, 6) is -0.215. The summed E-state index contributed by atoms with van der Waals surface area (Å²) in [6, 6.07) is 14.4. The maximum Gasteiger partial charge on any atom is 0.225 e. The summed E-state index contributed by atoms with van der Waals surface area (Å²) in [5, 5.41) is 3.21. The lowest BCUT2D eigenvalue weighted by Crippen LogP contribution is -2.44. The highest BCUT2D eigenvalue weighted by molar-refractivity contribution is 5.89. The average molecular weight is 392 g/mol. The molecule has 0 unspecified atom stereocenters. The van der Waals surface area contributed by atoms with Crippen LogP contribution < -0.4 is 5.32 Å². The third-order valence-electron chi connectivity index (χ3n) is 6.48. The topological polar surface area (TPSA) is 62.3 Å². The van der Waals surface area contributed by atoms with E-state index in [-0.39, 0.29) is 23.1 Å². The zero-order valence-electron chi connectivity index (χ0n) is 16.8. The van der Waals surface area contributed by atoms with Crippen LogP contribution in [0.3, 0.4) is 0 Å². The van der Waals surface area contributed by atoms with Gasteiger partial charge in [-0.2, -0.15) is 0 Å². The maximum absolute atomic E-state index is 12.9. The first-order valence-corrected chi connectivity index (χ1v) is 10.7. The molecule has 5 nitrogen and oxygen atoms in total. The third-order valence-corrected chi connectivity index (χ3v) is 6.48. The monoisotopic (exact) mass is 391 g/mol. The number of rotatable bonds is 6. The van der Waals surface area contributed by atoms with Gasteiger partial charge in [0, 0.05) is 43.9 Å². The number of amides is 2. The van der Waals surface area contributed by atoms with Gasteiger partial charge in [-0.05, 0) is 30.0 Å². The van der Waals surface area contributed by atoms with Gasteiger partial charge in [0.05, 0.1) is 5.92 Å². The Bertz CT molecular complexity index is 832. The maximum atomic E-state index is 12.9. The van der Waals surface area contributed by atoms with Gasteiger partial charge in [-0.3, -0.25) is 14.6 Å². The van der Waals surface area contributed by atoms with Gasteiger partial charge in [0.1, 0.15) is 0 Å². The molecule has 152 valence electrons. The second-order valence-corrected chi connectivity index (χ2v) is 8.46. The molecule has 29 heavy (non-hydrogen) atoms. The largest absolute Gasteiger partial charge is 0.355 e. The van der Waals surface area contributed by atoms with Crippen LogP contribution in [-0.4, -0.2) is 34.8 Å². The van der Waals surface area contributed by atoms with Crippen LogP contribution in [0.1, 0.15) is 49.7 Å². The summed E-state index contributed by atoms with van der Waals surface area (Å²) in [4.78, 5) is 31.2. The Labute approximate surface area is 172 Å². The Morgan fingerprint density at radius 2 is 1.90 bits per heavy atom. The molecule has 1 aliphatic carbocycles. The molecule has 2 heterocycles. The normalized spacial score (nSPS) is 21.2. The summed E-state index contributed by atoms with van der Waals surface area (Å²) in [6.45, 7) is 1.66. The number of aromatic nitrogens is 1. The van der Waals surface area contributed by atoms with E-state index >= 15 is 0 Å². The Balaban J connectivity index is 1.38. The minimum Gasteiger partial charge on any atom is -0.355 e. The van der Waals surface area contributed by atoms with Gasteiger partial charge in [0.15, 0.2) is 0 Å². The fourth-order valence-electron chi connectivity index (χ4n) is 4.80. The van der Waals surface area contributed by atoms with Crippen LogP contribution in [0.25, 0.3) is 0 Å². The summed E-state index contributed by atoms with van der Waals surface area (Å²) in [7, 11) is 0. The van der Waals surface area contributed by atoms with Crippen molar-refractivity contribution in [2.24, 2.45) is 5.92 Å². The molecule has 1 aromatic carbocycles. The van der Waals surface area contributed by atoms with Crippen molar-refractivity contribution < 1.29 is 9.59 Å². The Morgan fingerprint density at radius 1 is 1.10 bits per heavy atom. The summed E-state index contributed by atoms with van der Waals surface area (Å²) < 4.78 is 0. The predicted octanol–water partition coefficient (Wildman–Crippen LogP) is 3.45. The van der Waals surface area contributed by atoms with Gasteiger partial charge in [-0.25, -0.2) is 0 Å². The Hall–Kier alpha value is -2.69. The van der Waals surface area contributed by atoms with E-state index in [4.69, 9.17) is 0 Å². The number of benzene rings is 1. The highest BCUT2D eigenvalue weighted by atomic mass is 16.2. The Kier molecular flexibility index (Phi) is 5.93. The van der Waals surface area contributed by atoms with Gasteiger partial charge < -0.3 is 10.2 Å². The van der Waals surface area contributed by atoms with E-state index in [9.17, 15) is 9.59 Å². The fraction of sp³-hybridized carbons (Fsp3) is 0.458. The summed E-state index contributed by atoms with van der Waals surface area (Å²) >= 11 is 0. The van der Waals surface area contributed by atoms with Crippen LogP contribution in [0.4, 0.5) is 0 Å². The van der Waals surface area contributed by atoms with Crippen molar-refractivity contribution in [1.29, 1.82) is 0 Å². The van der Waals surface area contributed by atoms with E-state index in [1.165, 1.54) is 24.8 Å². The molecule has 1 aromatic heterocycles. The van der Waals surface area contributed by atoms with Crippen molar-refractivity contribution in [2.45, 2.75) is 50.5 Å². The van der Waals surface area contributed by atoms with Crippen LogP contribution in [0.15, 0.2) is 54.9 Å². The molecule has 2 amide bonds. The van der Waals surface area contributed by atoms with Crippen LogP contribution in [0.2, 0.25) is 0 Å². The lowest BCUT2D eigenvalue weighted by Gasteiger charge is -2.38. The summed E-state index contributed by atoms with van der Waals surface area (Å²) in [5.41, 5.74) is 2.33. The molecule has 0 bridgehead atoms. The van der Waals surface area contributed by atoms with E-state index in [1.807, 2.05) is 18.2 Å². The number of hydrogen-bond donors (Lipinski definition) is 1. The van der Waals surface area contributed by atoms with E-state index in [0.717, 1.165) is 18.4 Å². The highest BCUT2D eigenvalue weighted by Gasteiger charge is 2.37. The van der Waals surface area contributed by atoms with E-state index in [2.05, 4.69) is 34.6 Å². The lowest BCUT2D eigenvalue weighted by molar-refractivity contribution is -0.129. The smallest absolute Gasteiger partial charge is 0.225 e. The van der Waals surface area contributed by atoms with Gasteiger partial charge in [-0.15, -0.1) is 0 Å². The molecule has 2 aliphatic rings. The average Bonchev–Trinajstić information content (AvgIpc) is 3.14. The molecule has 0 spiro atoms. The SMILES string of the molecule is O=C(NCC1(c2ccccc2)CCCCC1)[C@@H]1CC(=O)N(Cc2cccnc2)C1. The van der Waals surface area contributed by atoms with E-state index in [1.54, 1.807) is 17.3 Å². The zero-order chi connectivity index (χ0) is 20.1. The highest BCUT2D eigenvalue weighted by Crippen LogP contribution is 2.39. The number of carbonyl (C=O) groups is 2. The fourth-order valence-corrected chi connectivity index (χ4v) is 4.80. The molecule has 1 saturated heterocycles. The number of carbonyl (C=O) groups excluding carboxylic acids is 2. The van der Waals surface area contributed by atoms with E-state index in [0.29, 0.717) is 26.1 Å². The molecule has 2 aromatic rings. The number of nitrogens with one attached hydrogen (secondary N) is 1. The molecule has 2 fully saturated rings. The van der Waals surface area contributed by atoms with Crippen molar-refractivity contribution in [3.63, 3.8) is 0 Å². The standard InChI is InChI=1S/C24H29N3O2/c28-22-14-20(17-27(22)16-19-8-7-13-25-15-19)23(29)26-18-24(11-5-2-6-12-24)21-9-3-1-4-10-21/h1,3-4,7-10,13,15,20H,2,5-6,11-12,14,16-18H2,(H,26,29)/t20-/m1/s1. The van der Waals surface area contributed by atoms with Crippen molar-refractivity contribution in [2.75, 3.05) is 13.1 Å². The first-order chi connectivity index (χ1) is 14.2. The Morgan fingerprint density at radius 3 is 2.62 bits per heavy atom. The van der Waals surface area contributed by atoms with Crippen LogP contribution in [0, 0.1) is 5.92 Å². The minimum absolute atomic E-state index is 0.00733. The van der Waals surface area contributed by atoms with Gasteiger partial charge >= 0.3 is 0 Å². The third kappa shape index (κ3) is 4.50. The van der Waals surface area contributed by atoms with Gasteiger partial charge in [-0.1, -0.05) is 55.7 Å². The second kappa shape index (κ2) is 8.76.